The number of hydrogen-bond donors (Lipinski definition) is 2. The fraction of sp³-hybridized carbons (Fsp3) is 0.0435. The van der Waals surface area contributed by atoms with Gasteiger partial charge in [0.1, 0.15) is 0 Å². The highest BCUT2D eigenvalue weighted by Gasteiger charge is 2.10. The third kappa shape index (κ3) is 5.18. The summed E-state index contributed by atoms with van der Waals surface area (Å²) in [5, 5.41) is 6.10. The first kappa shape index (κ1) is 19.6. The molecule has 2 N–H and O–H groups in total. The molecule has 140 valence electrons. The van der Waals surface area contributed by atoms with Crippen molar-refractivity contribution >= 4 is 44.7 Å². The molecule has 0 fully saturated rings. The van der Waals surface area contributed by atoms with Crippen LogP contribution in [0.5, 0.6) is 0 Å². The number of carbonyl (C=O) groups is 2. The number of ketones is 1. The summed E-state index contributed by atoms with van der Waals surface area (Å²) in [5.74, 6) is -0.277. The van der Waals surface area contributed by atoms with Crippen molar-refractivity contribution in [2.75, 3.05) is 10.6 Å². The number of para-hydroxylation sites is 2. The average molecular weight is 435 g/mol. The van der Waals surface area contributed by atoms with Gasteiger partial charge in [0.15, 0.2) is 5.78 Å². The molecule has 1 amide bonds. The van der Waals surface area contributed by atoms with E-state index in [1.165, 1.54) is 6.92 Å². The molecule has 0 aliphatic rings. The molecule has 0 saturated carbocycles. The van der Waals surface area contributed by atoms with Crippen molar-refractivity contribution in [1.82, 2.24) is 0 Å². The second kappa shape index (κ2) is 9.15. The zero-order valence-electron chi connectivity index (χ0n) is 15.3. The van der Waals surface area contributed by atoms with E-state index in [-0.39, 0.29) is 11.7 Å². The van der Waals surface area contributed by atoms with Crippen LogP contribution in [0.3, 0.4) is 0 Å². The lowest BCUT2D eigenvalue weighted by Crippen LogP contribution is -2.10. The molecule has 5 heteroatoms. The molecule has 3 rings (SSSR count). The highest BCUT2D eigenvalue weighted by atomic mass is 79.9. The fourth-order valence-electron chi connectivity index (χ4n) is 2.67. The van der Waals surface area contributed by atoms with Crippen molar-refractivity contribution in [3.05, 3.63) is 101 Å². The maximum atomic E-state index is 12.8. The summed E-state index contributed by atoms with van der Waals surface area (Å²) >= 11 is 3.38. The summed E-state index contributed by atoms with van der Waals surface area (Å²) in [5.41, 5.74) is 3.45. The molecule has 0 spiro atoms. The van der Waals surface area contributed by atoms with E-state index in [9.17, 15) is 9.59 Å². The van der Waals surface area contributed by atoms with Gasteiger partial charge in [-0.2, -0.15) is 0 Å². The predicted molar refractivity (Wildman–Crippen MR) is 117 cm³/mol. The number of anilines is 2. The zero-order chi connectivity index (χ0) is 19.9. The lowest BCUT2D eigenvalue weighted by molar-refractivity contribution is -0.114. The van der Waals surface area contributed by atoms with Crippen molar-refractivity contribution < 1.29 is 9.59 Å². The normalized spacial score (nSPS) is 11.0. The highest BCUT2D eigenvalue weighted by molar-refractivity contribution is 9.10. The van der Waals surface area contributed by atoms with E-state index in [0.29, 0.717) is 22.6 Å². The Bertz CT molecular complexity index is 1010. The van der Waals surface area contributed by atoms with Crippen LogP contribution in [-0.2, 0) is 4.79 Å². The van der Waals surface area contributed by atoms with Crippen LogP contribution in [0.1, 0.15) is 22.8 Å². The summed E-state index contributed by atoms with van der Waals surface area (Å²) in [6.45, 7) is 1.46. The monoisotopic (exact) mass is 434 g/mol. The van der Waals surface area contributed by atoms with Gasteiger partial charge in [0.25, 0.3) is 0 Å². The molecule has 0 aliphatic heterocycles. The quantitative estimate of drug-likeness (QED) is 0.383. The van der Waals surface area contributed by atoms with E-state index in [2.05, 4.69) is 26.6 Å². The van der Waals surface area contributed by atoms with Crippen LogP contribution in [0.25, 0.3) is 5.70 Å². The van der Waals surface area contributed by atoms with Crippen LogP contribution in [0.2, 0.25) is 0 Å². The Labute approximate surface area is 172 Å². The minimum Gasteiger partial charge on any atom is -0.353 e. The molecule has 0 aliphatic carbocycles. The average Bonchev–Trinajstić information content (AvgIpc) is 2.69. The van der Waals surface area contributed by atoms with Crippen LogP contribution < -0.4 is 10.6 Å². The first-order valence-electron chi connectivity index (χ1n) is 8.73. The number of carbonyl (C=O) groups excluding carboxylic acids is 2. The molecule has 0 aromatic heterocycles. The summed E-state index contributed by atoms with van der Waals surface area (Å²) in [7, 11) is 0. The largest absolute Gasteiger partial charge is 0.353 e. The van der Waals surface area contributed by atoms with E-state index < -0.39 is 0 Å². The second-order valence-corrected chi connectivity index (χ2v) is 7.06. The minimum absolute atomic E-state index is 0.115. The van der Waals surface area contributed by atoms with E-state index >= 15 is 0 Å². The Morgan fingerprint density at radius 1 is 0.750 bits per heavy atom. The van der Waals surface area contributed by atoms with E-state index in [1.807, 2.05) is 66.7 Å². The van der Waals surface area contributed by atoms with Crippen molar-refractivity contribution in [2.45, 2.75) is 6.92 Å². The maximum Gasteiger partial charge on any atom is 0.221 e. The van der Waals surface area contributed by atoms with Gasteiger partial charge in [-0.1, -0.05) is 58.4 Å². The Morgan fingerprint density at radius 2 is 1.32 bits per heavy atom. The van der Waals surface area contributed by atoms with Crippen LogP contribution in [0.4, 0.5) is 11.4 Å². The standard InChI is InChI=1S/C23H19BrN2O2/c1-16(27)25-20-9-5-6-10-21(20)26-22(17-7-3-2-4-8-17)15-23(28)18-11-13-19(24)14-12-18/h2-15,26H,1H3,(H,25,27). The molecule has 0 radical (unpaired) electrons. The molecule has 3 aromatic carbocycles. The van der Waals surface area contributed by atoms with Crippen molar-refractivity contribution in [3.8, 4) is 0 Å². The number of halogens is 1. The van der Waals surface area contributed by atoms with Gasteiger partial charge in [0, 0.05) is 28.7 Å². The van der Waals surface area contributed by atoms with Crippen LogP contribution in [0, 0.1) is 0 Å². The summed E-state index contributed by atoms with van der Waals surface area (Å²) < 4.78 is 0.915. The van der Waals surface area contributed by atoms with Gasteiger partial charge in [-0.3, -0.25) is 9.59 Å². The molecule has 3 aromatic rings. The highest BCUT2D eigenvalue weighted by Crippen LogP contribution is 2.26. The van der Waals surface area contributed by atoms with Gasteiger partial charge in [-0.05, 0) is 42.0 Å². The van der Waals surface area contributed by atoms with Gasteiger partial charge >= 0.3 is 0 Å². The Kier molecular flexibility index (Phi) is 6.40. The topological polar surface area (TPSA) is 58.2 Å². The Balaban J connectivity index is 1.98. The van der Waals surface area contributed by atoms with Gasteiger partial charge in [0.05, 0.1) is 11.4 Å². The lowest BCUT2D eigenvalue weighted by atomic mass is 10.1. The summed E-state index contributed by atoms with van der Waals surface area (Å²) in [6.07, 6.45) is 1.57. The number of amides is 1. The lowest BCUT2D eigenvalue weighted by Gasteiger charge is -2.15. The molecule has 28 heavy (non-hydrogen) atoms. The van der Waals surface area contributed by atoms with E-state index in [0.717, 1.165) is 10.0 Å². The molecular formula is C23H19BrN2O2. The molecule has 0 unspecified atom stereocenters. The number of rotatable bonds is 6. The molecule has 0 atom stereocenters. The van der Waals surface area contributed by atoms with E-state index in [1.54, 1.807) is 18.2 Å². The second-order valence-electron chi connectivity index (χ2n) is 6.15. The first-order chi connectivity index (χ1) is 13.5. The number of allylic oxidation sites excluding steroid dienone is 1. The smallest absolute Gasteiger partial charge is 0.221 e. The van der Waals surface area contributed by atoms with Crippen LogP contribution >= 0.6 is 15.9 Å². The zero-order valence-corrected chi connectivity index (χ0v) is 16.9. The molecule has 0 bridgehead atoms. The summed E-state index contributed by atoms with van der Waals surface area (Å²) in [6, 6.07) is 24.2. The van der Waals surface area contributed by atoms with Gasteiger partial charge in [-0.25, -0.2) is 0 Å². The summed E-state index contributed by atoms with van der Waals surface area (Å²) in [4.78, 5) is 24.3. The SMILES string of the molecule is CC(=O)Nc1ccccc1NC(=CC(=O)c1ccc(Br)cc1)c1ccccc1. The Hall–Kier alpha value is -3.18. The third-order valence-corrected chi connectivity index (χ3v) is 4.52. The maximum absolute atomic E-state index is 12.8. The first-order valence-corrected chi connectivity index (χ1v) is 9.53. The van der Waals surface area contributed by atoms with Gasteiger partial charge < -0.3 is 10.6 Å². The van der Waals surface area contributed by atoms with Gasteiger partial charge in [0.2, 0.25) is 5.91 Å². The Morgan fingerprint density at radius 3 is 1.93 bits per heavy atom. The van der Waals surface area contributed by atoms with Crippen LogP contribution in [-0.4, -0.2) is 11.7 Å². The number of nitrogens with one attached hydrogen (secondary N) is 2. The van der Waals surface area contributed by atoms with Crippen molar-refractivity contribution in [2.24, 2.45) is 0 Å². The predicted octanol–water partition coefficient (Wildman–Crippen LogP) is 5.74. The minimum atomic E-state index is -0.162. The molecular weight excluding hydrogens is 416 g/mol. The van der Waals surface area contributed by atoms with E-state index in [4.69, 9.17) is 0 Å². The molecule has 4 nitrogen and oxygen atoms in total. The van der Waals surface area contributed by atoms with Crippen molar-refractivity contribution in [1.29, 1.82) is 0 Å². The number of hydrogen-bond acceptors (Lipinski definition) is 3. The fourth-order valence-corrected chi connectivity index (χ4v) is 2.94. The van der Waals surface area contributed by atoms with Gasteiger partial charge in [-0.15, -0.1) is 0 Å². The number of benzene rings is 3. The molecule has 0 heterocycles. The molecule has 0 saturated heterocycles. The van der Waals surface area contributed by atoms with Crippen molar-refractivity contribution in [3.63, 3.8) is 0 Å². The van der Waals surface area contributed by atoms with Crippen LogP contribution in [0.15, 0.2) is 89.4 Å². The third-order valence-electron chi connectivity index (χ3n) is 4.00.